The monoisotopic (exact) mass is 1000 g/mol. The fourth-order valence-electron chi connectivity index (χ4n) is 12.2. The lowest BCUT2D eigenvalue weighted by molar-refractivity contribution is -0.571. The van der Waals surface area contributed by atoms with Crippen LogP contribution in [0.25, 0.3) is 72.2 Å². The summed E-state index contributed by atoms with van der Waals surface area (Å²) in [5, 5.41) is 2.33. The lowest BCUT2D eigenvalue weighted by Gasteiger charge is -2.40. The predicted octanol–water partition coefficient (Wildman–Crippen LogP) is 15.6. The second-order valence-corrected chi connectivity index (χ2v) is 21.4. The number of rotatable bonds is 8. The molecule has 0 bridgehead atoms. The van der Waals surface area contributed by atoms with E-state index >= 15 is 0 Å². The van der Waals surface area contributed by atoms with Gasteiger partial charge in [0.1, 0.15) is 11.5 Å². The van der Waals surface area contributed by atoms with Crippen molar-refractivity contribution in [2.24, 2.45) is 0 Å². The Morgan fingerprint density at radius 3 is 1.88 bits per heavy atom. The van der Waals surface area contributed by atoms with Gasteiger partial charge in [-0.25, -0.2) is 0 Å². The Kier molecular flexibility index (Phi) is 10.4. The number of para-hydroxylation sites is 6. The molecule has 0 saturated carbocycles. The van der Waals surface area contributed by atoms with Gasteiger partial charge >= 0.3 is 0 Å². The average molecular weight is 1000 g/mol. The van der Waals surface area contributed by atoms with E-state index in [0.717, 1.165) is 101 Å². The topological polar surface area (TPSA) is 35.4 Å². The van der Waals surface area contributed by atoms with Gasteiger partial charge < -0.3 is 18.9 Å². The Morgan fingerprint density at radius 2 is 1.12 bits per heavy atom. The maximum Gasteiger partial charge on any atom is 0.269 e. The number of aromatic nitrogens is 3. The zero-order valence-electron chi connectivity index (χ0n) is 43.4. The third-order valence-corrected chi connectivity index (χ3v) is 15.8. The predicted molar refractivity (Wildman–Crippen MR) is 320 cm³/mol. The van der Waals surface area contributed by atoms with Crippen LogP contribution in [0.1, 0.15) is 26.3 Å². The standard InChI is InChI=1S/C71H51BN4O2/c1-71(2,3)49-26-19-29-51(42-49)76-60-34-15-13-30-56(60)57-41-40-53(45-65(57)76)77-67-44-52(43-59-70(67)78-66-39-21-38-64-68(66)72(59)58-33-14-16-35-61(58)75(64)50-27-11-6-12-28-50)73-46-74(63-37-18-17-36-62(63)73)69-54(47-22-7-4-8-23-47)31-20-32-55(69)48-24-9-5-10-25-48/h4-45H,1-3H3. The third-order valence-electron chi connectivity index (χ3n) is 15.8. The van der Waals surface area contributed by atoms with Crippen molar-refractivity contribution in [2.45, 2.75) is 26.2 Å². The van der Waals surface area contributed by atoms with Crippen LogP contribution in [-0.2, 0) is 5.41 Å². The normalized spacial score (nSPS) is 12.6. The van der Waals surface area contributed by atoms with E-state index in [1.165, 1.54) is 16.4 Å². The highest BCUT2D eigenvalue weighted by Gasteiger charge is 2.43. The number of imidazole rings is 1. The van der Waals surface area contributed by atoms with Crippen LogP contribution in [0, 0.1) is 6.33 Å². The molecule has 0 saturated heterocycles. The van der Waals surface area contributed by atoms with Gasteiger partial charge in [0.2, 0.25) is 0 Å². The molecule has 13 aromatic rings. The van der Waals surface area contributed by atoms with E-state index in [9.17, 15) is 0 Å². The highest BCUT2D eigenvalue weighted by molar-refractivity contribution is 6.99. The van der Waals surface area contributed by atoms with Gasteiger partial charge in [-0.05, 0) is 122 Å². The maximum absolute atomic E-state index is 7.42. The lowest BCUT2D eigenvalue weighted by atomic mass is 9.34. The summed E-state index contributed by atoms with van der Waals surface area (Å²) in [4.78, 5) is 2.37. The molecule has 0 aliphatic carbocycles. The Hall–Kier alpha value is -9.85. The molecule has 0 fully saturated rings. The zero-order valence-corrected chi connectivity index (χ0v) is 43.4. The van der Waals surface area contributed by atoms with Crippen LogP contribution < -0.4 is 35.3 Å². The number of nitrogens with zero attached hydrogens (tertiary/aromatic N) is 4. The van der Waals surface area contributed by atoms with Crippen molar-refractivity contribution in [1.82, 2.24) is 9.13 Å². The molecular weight excluding hydrogens is 952 g/mol. The van der Waals surface area contributed by atoms with E-state index in [2.05, 4.69) is 300 Å². The highest BCUT2D eigenvalue weighted by Crippen LogP contribution is 2.45. The van der Waals surface area contributed by atoms with Crippen LogP contribution in [0.15, 0.2) is 255 Å². The van der Waals surface area contributed by atoms with Crippen LogP contribution >= 0.6 is 0 Å². The second-order valence-electron chi connectivity index (χ2n) is 21.4. The number of hydrogen-bond acceptors (Lipinski definition) is 3. The molecule has 2 aliphatic heterocycles. The highest BCUT2D eigenvalue weighted by atomic mass is 16.5. The van der Waals surface area contributed by atoms with E-state index in [-0.39, 0.29) is 12.1 Å². The number of hydrogen-bond donors (Lipinski definition) is 0. The van der Waals surface area contributed by atoms with Crippen molar-refractivity contribution >= 4 is 73.0 Å². The van der Waals surface area contributed by atoms with Crippen molar-refractivity contribution < 1.29 is 14.0 Å². The van der Waals surface area contributed by atoms with Gasteiger partial charge in [0.05, 0.1) is 33.4 Å². The fraction of sp³-hybridized carbons (Fsp3) is 0.0563. The second kappa shape index (κ2) is 17.9. The van der Waals surface area contributed by atoms with E-state index < -0.39 is 0 Å². The Bertz CT molecular complexity index is 4440. The molecule has 2 aromatic heterocycles. The smallest absolute Gasteiger partial charge is 0.269 e. The largest absolute Gasteiger partial charge is 0.454 e. The number of anilines is 3. The summed E-state index contributed by atoms with van der Waals surface area (Å²) in [7, 11) is 0. The Labute approximate surface area is 454 Å². The maximum atomic E-state index is 7.42. The molecule has 2 aliphatic rings. The Morgan fingerprint density at radius 1 is 0.487 bits per heavy atom. The van der Waals surface area contributed by atoms with Crippen molar-refractivity contribution in [3.8, 4) is 62.3 Å². The fourth-order valence-corrected chi connectivity index (χ4v) is 12.2. The van der Waals surface area contributed by atoms with Crippen molar-refractivity contribution in [3.05, 3.63) is 267 Å². The first-order valence-corrected chi connectivity index (χ1v) is 26.8. The molecule has 7 heteroatoms. The molecule has 0 atom stereocenters. The van der Waals surface area contributed by atoms with Crippen LogP contribution in [0.2, 0.25) is 0 Å². The van der Waals surface area contributed by atoms with Gasteiger partial charge in [0, 0.05) is 39.6 Å². The minimum Gasteiger partial charge on any atom is -0.454 e. The molecule has 0 unspecified atom stereocenters. The van der Waals surface area contributed by atoms with Crippen LogP contribution in [0.3, 0.4) is 0 Å². The molecule has 6 nitrogen and oxygen atoms in total. The number of ether oxygens (including phenoxy) is 2. The first-order chi connectivity index (χ1) is 38.3. The minimum atomic E-state index is -0.198. The molecule has 0 amide bonds. The molecule has 0 radical (unpaired) electrons. The van der Waals surface area contributed by atoms with E-state index in [4.69, 9.17) is 9.47 Å². The summed E-state index contributed by atoms with van der Waals surface area (Å²) in [6.07, 6.45) is 3.97. The molecule has 11 aromatic carbocycles. The quantitative estimate of drug-likeness (QED) is 0.0864. The first-order valence-electron chi connectivity index (χ1n) is 26.8. The molecule has 370 valence electrons. The molecule has 4 heterocycles. The van der Waals surface area contributed by atoms with Gasteiger partial charge in [-0.3, -0.25) is 9.13 Å². The van der Waals surface area contributed by atoms with Crippen molar-refractivity contribution in [1.29, 1.82) is 0 Å². The summed E-state index contributed by atoms with van der Waals surface area (Å²) >= 11 is 0. The molecular formula is C71H51BN4O2. The summed E-state index contributed by atoms with van der Waals surface area (Å²) in [6.45, 7) is 6.61. The number of fused-ring (bicyclic) bond motifs is 8. The van der Waals surface area contributed by atoms with Gasteiger partial charge in [-0.1, -0.05) is 197 Å². The molecule has 0 spiro atoms. The Balaban J connectivity index is 0.976. The SMILES string of the molecule is CC(C)(C)c1cccc(-n2c3ccccc3c3ccc(Oc4cc(-n5[c-][n+](-c6c(-c7ccccc7)cccc6-c6ccccc6)c6ccccc65)cc5c4Oc4cccc6c4B5c4ccccc4N6c4ccccc4)cc32)c1. The minimum absolute atomic E-state index is 0.0254. The molecule has 0 N–H and O–H groups in total. The van der Waals surface area contributed by atoms with E-state index in [1.807, 2.05) is 0 Å². The van der Waals surface area contributed by atoms with E-state index in [1.54, 1.807) is 0 Å². The summed E-state index contributed by atoms with van der Waals surface area (Å²) < 4.78 is 21.6. The third kappa shape index (κ3) is 7.30. The molecule has 15 rings (SSSR count). The summed E-state index contributed by atoms with van der Waals surface area (Å²) in [5.74, 6) is 2.78. The van der Waals surface area contributed by atoms with Gasteiger partial charge in [0.25, 0.3) is 13.0 Å². The molecule has 78 heavy (non-hydrogen) atoms. The zero-order chi connectivity index (χ0) is 52.1. The summed E-state index contributed by atoms with van der Waals surface area (Å²) in [5.41, 5.74) is 19.5. The van der Waals surface area contributed by atoms with Crippen LogP contribution in [0.5, 0.6) is 23.0 Å². The van der Waals surface area contributed by atoms with Crippen molar-refractivity contribution in [2.75, 3.05) is 4.90 Å². The van der Waals surface area contributed by atoms with Gasteiger partial charge in [-0.2, -0.15) is 0 Å². The van der Waals surface area contributed by atoms with Crippen LogP contribution in [0.4, 0.5) is 17.1 Å². The van der Waals surface area contributed by atoms with Gasteiger partial charge in [0.15, 0.2) is 11.5 Å². The van der Waals surface area contributed by atoms with E-state index in [0.29, 0.717) is 17.2 Å². The van der Waals surface area contributed by atoms with Crippen LogP contribution in [-0.4, -0.2) is 15.8 Å². The number of benzene rings is 11. The van der Waals surface area contributed by atoms with Gasteiger partial charge in [-0.15, -0.1) is 0 Å². The average Bonchev–Trinajstić information content (AvgIpc) is 4.14. The van der Waals surface area contributed by atoms with Crippen molar-refractivity contribution in [3.63, 3.8) is 0 Å². The lowest BCUT2D eigenvalue weighted by Crippen LogP contribution is -2.59. The summed E-state index contributed by atoms with van der Waals surface area (Å²) in [6, 6.07) is 91.0. The first kappa shape index (κ1) is 45.5.